The van der Waals surface area contributed by atoms with Gasteiger partial charge in [0.15, 0.2) is 0 Å². The number of unbranched alkanes of at least 4 members (excludes halogenated alkanes) is 3. The van der Waals surface area contributed by atoms with E-state index in [-0.39, 0.29) is 0 Å². The first-order valence-electron chi connectivity index (χ1n) is 6.52. The van der Waals surface area contributed by atoms with Gasteiger partial charge >= 0.3 is 0 Å². The Kier molecular flexibility index (Phi) is 8.18. The molecule has 4 heteroatoms. The van der Waals surface area contributed by atoms with E-state index in [1.807, 2.05) is 31.1 Å². The lowest BCUT2D eigenvalue weighted by molar-refractivity contribution is 0.556. The largest absolute Gasteiger partial charge is 0.334 e. The SMILES string of the molecule is CSCCCCCCNCCn1ccnc1C. The number of hydrogen-bond acceptors (Lipinski definition) is 3. The molecule has 0 atom stereocenters. The first-order chi connectivity index (χ1) is 8.34. The minimum absolute atomic E-state index is 1.03. The third-order valence-electron chi connectivity index (χ3n) is 2.91. The summed E-state index contributed by atoms with van der Waals surface area (Å²) in [5.74, 6) is 2.41. The monoisotopic (exact) mass is 255 g/mol. The molecule has 0 fully saturated rings. The highest BCUT2D eigenvalue weighted by atomic mass is 32.2. The summed E-state index contributed by atoms with van der Waals surface area (Å²) in [4.78, 5) is 4.21. The molecule has 0 amide bonds. The third kappa shape index (κ3) is 6.74. The van der Waals surface area contributed by atoms with Crippen LogP contribution in [0.15, 0.2) is 12.4 Å². The second kappa shape index (κ2) is 9.54. The van der Waals surface area contributed by atoms with Gasteiger partial charge in [-0.25, -0.2) is 4.98 Å². The minimum atomic E-state index is 1.03. The van der Waals surface area contributed by atoms with Crippen molar-refractivity contribution in [3.8, 4) is 0 Å². The van der Waals surface area contributed by atoms with Crippen LogP contribution < -0.4 is 5.32 Å². The smallest absolute Gasteiger partial charge is 0.105 e. The predicted octanol–water partition coefficient (Wildman–Crippen LogP) is 2.70. The maximum Gasteiger partial charge on any atom is 0.105 e. The number of imidazole rings is 1. The highest BCUT2D eigenvalue weighted by molar-refractivity contribution is 7.98. The molecule has 0 radical (unpaired) electrons. The van der Waals surface area contributed by atoms with Crippen LogP contribution in [-0.4, -0.2) is 34.6 Å². The van der Waals surface area contributed by atoms with E-state index in [2.05, 4.69) is 21.1 Å². The molecule has 0 aliphatic carbocycles. The molecule has 1 rings (SSSR count). The van der Waals surface area contributed by atoms with E-state index in [9.17, 15) is 0 Å². The van der Waals surface area contributed by atoms with Crippen LogP contribution in [0, 0.1) is 6.92 Å². The molecule has 1 heterocycles. The average molecular weight is 255 g/mol. The van der Waals surface area contributed by atoms with Gasteiger partial charge in [0.25, 0.3) is 0 Å². The van der Waals surface area contributed by atoms with Gasteiger partial charge in [-0.2, -0.15) is 11.8 Å². The summed E-state index contributed by atoms with van der Waals surface area (Å²) in [6.45, 7) is 5.26. The van der Waals surface area contributed by atoms with Gasteiger partial charge < -0.3 is 9.88 Å². The Morgan fingerprint density at radius 2 is 2.06 bits per heavy atom. The molecule has 0 aromatic carbocycles. The molecule has 0 bridgehead atoms. The number of nitrogens with one attached hydrogen (secondary N) is 1. The summed E-state index contributed by atoms with van der Waals surface area (Å²) in [7, 11) is 0. The molecule has 0 spiro atoms. The summed E-state index contributed by atoms with van der Waals surface area (Å²) >= 11 is 1.95. The Hall–Kier alpha value is -0.480. The number of aromatic nitrogens is 2. The van der Waals surface area contributed by atoms with Crippen LogP contribution in [0.2, 0.25) is 0 Å². The molecule has 0 aliphatic heterocycles. The summed E-state index contributed by atoms with van der Waals surface area (Å²) in [5, 5.41) is 3.49. The highest BCUT2D eigenvalue weighted by Crippen LogP contribution is 2.03. The maximum absolute atomic E-state index is 4.21. The van der Waals surface area contributed by atoms with Crippen LogP contribution in [0.1, 0.15) is 31.5 Å². The van der Waals surface area contributed by atoms with E-state index < -0.39 is 0 Å². The van der Waals surface area contributed by atoms with Gasteiger partial charge in [0, 0.05) is 25.5 Å². The Balaban J connectivity index is 1.86. The lowest BCUT2D eigenvalue weighted by Crippen LogP contribution is -2.21. The molecule has 0 saturated heterocycles. The van der Waals surface area contributed by atoms with Crippen LogP contribution in [0.3, 0.4) is 0 Å². The summed E-state index contributed by atoms with van der Waals surface area (Å²) in [5.41, 5.74) is 0. The third-order valence-corrected chi connectivity index (χ3v) is 3.60. The zero-order chi connectivity index (χ0) is 12.3. The van der Waals surface area contributed by atoms with Gasteiger partial charge in [-0.1, -0.05) is 12.8 Å². The van der Waals surface area contributed by atoms with Crippen molar-refractivity contribution in [3.63, 3.8) is 0 Å². The van der Waals surface area contributed by atoms with E-state index in [0.717, 1.165) is 25.5 Å². The number of hydrogen-bond donors (Lipinski definition) is 1. The van der Waals surface area contributed by atoms with Crippen molar-refractivity contribution in [2.24, 2.45) is 0 Å². The fraction of sp³-hybridized carbons (Fsp3) is 0.769. The zero-order valence-electron chi connectivity index (χ0n) is 11.1. The molecule has 0 aliphatic rings. The van der Waals surface area contributed by atoms with Crippen LogP contribution in [0.25, 0.3) is 0 Å². The number of aryl methyl sites for hydroxylation is 1. The first-order valence-corrected chi connectivity index (χ1v) is 7.91. The van der Waals surface area contributed by atoms with Gasteiger partial charge in [0.05, 0.1) is 0 Å². The molecule has 1 N–H and O–H groups in total. The summed E-state index contributed by atoms with van der Waals surface area (Å²) in [6, 6.07) is 0. The molecule has 17 heavy (non-hydrogen) atoms. The van der Waals surface area contributed by atoms with Gasteiger partial charge in [-0.3, -0.25) is 0 Å². The molecular weight excluding hydrogens is 230 g/mol. The molecule has 0 saturated carbocycles. The van der Waals surface area contributed by atoms with Crippen molar-refractivity contribution >= 4 is 11.8 Å². The Labute approximate surface area is 109 Å². The maximum atomic E-state index is 4.21. The van der Waals surface area contributed by atoms with Crippen LogP contribution in [0.5, 0.6) is 0 Å². The fourth-order valence-electron chi connectivity index (χ4n) is 1.81. The quantitative estimate of drug-likeness (QED) is 0.652. The van der Waals surface area contributed by atoms with E-state index in [1.54, 1.807) is 0 Å². The highest BCUT2D eigenvalue weighted by Gasteiger charge is 1.95. The molecule has 3 nitrogen and oxygen atoms in total. The number of thioether (sulfide) groups is 1. The van der Waals surface area contributed by atoms with Crippen molar-refractivity contribution in [1.82, 2.24) is 14.9 Å². The van der Waals surface area contributed by atoms with Crippen molar-refractivity contribution in [3.05, 3.63) is 18.2 Å². The molecule has 1 aromatic rings. The lowest BCUT2D eigenvalue weighted by Gasteiger charge is -2.06. The van der Waals surface area contributed by atoms with E-state index in [1.165, 1.54) is 31.4 Å². The Morgan fingerprint density at radius 1 is 1.24 bits per heavy atom. The van der Waals surface area contributed by atoms with E-state index in [4.69, 9.17) is 0 Å². The summed E-state index contributed by atoms with van der Waals surface area (Å²) in [6.07, 6.45) is 11.5. The van der Waals surface area contributed by atoms with Gasteiger partial charge in [0.2, 0.25) is 0 Å². The zero-order valence-corrected chi connectivity index (χ0v) is 11.9. The van der Waals surface area contributed by atoms with Crippen molar-refractivity contribution < 1.29 is 0 Å². The second-order valence-electron chi connectivity index (χ2n) is 4.32. The van der Waals surface area contributed by atoms with Crippen molar-refractivity contribution in [1.29, 1.82) is 0 Å². The van der Waals surface area contributed by atoms with Gasteiger partial charge in [-0.05, 0) is 38.3 Å². The second-order valence-corrected chi connectivity index (χ2v) is 5.31. The van der Waals surface area contributed by atoms with Gasteiger partial charge in [0.1, 0.15) is 5.82 Å². The Morgan fingerprint density at radius 3 is 2.76 bits per heavy atom. The molecule has 98 valence electrons. The summed E-state index contributed by atoms with van der Waals surface area (Å²) < 4.78 is 2.19. The number of nitrogens with zero attached hydrogens (tertiary/aromatic N) is 2. The minimum Gasteiger partial charge on any atom is -0.334 e. The average Bonchev–Trinajstić information content (AvgIpc) is 2.73. The topological polar surface area (TPSA) is 29.9 Å². The molecule has 0 unspecified atom stereocenters. The molecule has 1 aromatic heterocycles. The van der Waals surface area contributed by atoms with Crippen LogP contribution >= 0.6 is 11.8 Å². The van der Waals surface area contributed by atoms with Crippen molar-refractivity contribution in [2.75, 3.05) is 25.1 Å². The van der Waals surface area contributed by atoms with Crippen molar-refractivity contribution in [2.45, 2.75) is 39.2 Å². The van der Waals surface area contributed by atoms with E-state index in [0.29, 0.717) is 0 Å². The van der Waals surface area contributed by atoms with Gasteiger partial charge in [-0.15, -0.1) is 0 Å². The predicted molar refractivity (Wildman–Crippen MR) is 76.7 cm³/mol. The standard InChI is InChI=1S/C13H25N3S/c1-13-15-9-11-16(13)10-8-14-7-5-3-4-6-12-17-2/h9,11,14H,3-8,10,12H2,1-2H3. The fourth-order valence-corrected chi connectivity index (χ4v) is 2.31. The normalized spacial score (nSPS) is 10.9. The van der Waals surface area contributed by atoms with E-state index >= 15 is 0 Å². The lowest BCUT2D eigenvalue weighted by atomic mass is 10.2. The molecular formula is C13H25N3S. The Bertz CT molecular complexity index is 286. The first kappa shape index (κ1) is 14.6. The van der Waals surface area contributed by atoms with Crippen LogP contribution in [0.4, 0.5) is 0 Å². The number of rotatable bonds is 10. The van der Waals surface area contributed by atoms with Crippen LogP contribution in [-0.2, 0) is 6.54 Å².